The summed E-state index contributed by atoms with van der Waals surface area (Å²) in [5.74, 6) is 0.905. The topological polar surface area (TPSA) is 84.3 Å². The van der Waals surface area contributed by atoms with Crippen molar-refractivity contribution in [2.75, 3.05) is 18.5 Å². The third-order valence-electron chi connectivity index (χ3n) is 2.98. The van der Waals surface area contributed by atoms with Crippen LogP contribution in [0.5, 0.6) is 0 Å². The Balaban J connectivity index is 2.01. The summed E-state index contributed by atoms with van der Waals surface area (Å²) < 4.78 is 4.80. The minimum absolute atomic E-state index is 0.0106. The van der Waals surface area contributed by atoms with E-state index in [1.807, 2.05) is 0 Å². The predicted octanol–water partition coefficient (Wildman–Crippen LogP) is 1.73. The maximum Gasteiger partial charge on any atom is 0.339 e. The van der Waals surface area contributed by atoms with Crippen molar-refractivity contribution in [1.82, 2.24) is 9.97 Å². The number of nitrogens with zero attached hydrogens (tertiary/aromatic N) is 2. The predicted molar refractivity (Wildman–Crippen MR) is 74.8 cm³/mol. The van der Waals surface area contributed by atoms with Crippen LogP contribution < -0.4 is 5.32 Å². The highest BCUT2D eigenvalue weighted by Crippen LogP contribution is 2.38. The Bertz CT molecular complexity index is 504. The average molecular weight is 300 g/mol. The van der Waals surface area contributed by atoms with Gasteiger partial charge in [0.15, 0.2) is 5.60 Å². The van der Waals surface area contributed by atoms with Crippen molar-refractivity contribution in [2.45, 2.75) is 38.2 Å². The minimum Gasteiger partial charge on any atom is -0.464 e. The number of aromatic nitrogens is 2. The first kappa shape index (κ1) is 15.0. The number of hydrogen-bond donors (Lipinski definition) is 2. The second-order valence-electron chi connectivity index (χ2n) is 5.06. The van der Waals surface area contributed by atoms with Gasteiger partial charge in [-0.05, 0) is 26.7 Å². The molecular formula is C13H18ClN3O3. The van der Waals surface area contributed by atoms with Crippen molar-refractivity contribution in [2.24, 2.45) is 0 Å². The molecule has 1 aliphatic rings. The van der Waals surface area contributed by atoms with E-state index in [0.29, 0.717) is 22.7 Å². The van der Waals surface area contributed by atoms with Crippen molar-refractivity contribution < 1.29 is 14.6 Å². The maximum absolute atomic E-state index is 11.6. The molecule has 0 radical (unpaired) electrons. The molecule has 1 aliphatic carbocycles. The largest absolute Gasteiger partial charge is 0.464 e. The number of hydrogen-bond acceptors (Lipinski definition) is 6. The summed E-state index contributed by atoms with van der Waals surface area (Å²) in [5, 5.41) is 13.3. The van der Waals surface area contributed by atoms with Crippen molar-refractivity contribution in [1.29, 1.82) is 0 Å². The van der Waals surface area contributed by atoms with Gasteiger partial charge < -0.3 is 15.2 Å². The van der Waals surface area contributed by atoms with E-state index in [2.05, 4.69) is 15.3 Å². The zero-order valence-electron chi connectivity index (χ0n) is 11.5. The van der Waals surface area contributed by atoms with Crippen LogP contribution in [0.15, 0.2) is 6.07 Å². The van der Waals surface area contributed by atoms with E-state index >= 15 is 0 Å². The van der Waals surface area contributed by atoms with Gasteiger partial charge in [0.05, 0.1) is 13.2 Å². The van der Waals surface area contributed by atoms with E-state index in [9.17, 15) is 9.90 Å². The molecule has 0 bridgehead atoms. The van der Waals surface area contributed by atoms with Gasteiger partial charge in [-0.2, -0.15) is 0 Å². The first-order valence-electron chi connectivity index (χ1n) is 6.60. The molecule has 0 amide bonds. The molecule has 110 valence electrons. The van der Waals surface area contributed by atoms with Gasteiger partial charge in [-0.15, -0.1) is 0 Å². The van der Waals surface area contributed by atoms with E-state index < -0.39 is 11.6 Å². The molecule has 1 saturated carbocycles. The summed E-state index contributed by atoms with van der Waals surface area (Å²) in [5.41, 5.74) is -1.62. The highest BCUT2D eigenvalue weighted by atomic mass is 35.5. The van der Waals surface area contributed by atoms with E-state index in [4.69, 9.17) is 16.3 Å². The fourth-order valence-electron chi connectivity index (χ4n) is 1.67. The second-order valence-corrected chi connectivity index (χ2v) is 5.44. The summed E-state index contributed by atoms with van der Waals surface area (Å²) >= 11 is 5.94. The molecule has 0 spiro atoms. The Kier molecular flexibility index (Phi) is 4.45. The van der Waals surface area contributed by atoms with Crippen LogP contribution in [0.2, 0.25) is 5.15 Å². The van der Waals surface area contributed by atoms with Gasteiger partial charge in [0.1, 0.15) is 16.8 Å². The first-order chi connectivity index (χ1) is 9.42. The third-order valence-corrected chi connectivity index (χ3v) is 3.18. The SMILES string of the molecule is CCOC(=O)C(C)(O)CNc1cc(Cl)nc(C2CC2)n1. The molecule has 1 heterocycles. The Hall–Kier alpha value is -1.40. The van der Waals surface area contributed by atoms with Crippen LogP contribution in [0.3, 0.4) is 0 Å². The lowest BCUT2D eigenvalue weighted by Gasteiger charge is -2.21. The first-order valence-corrected chi connectivity index (χ1v) is 6.98. The average Bonchev–Trinajstić information content (AvgIpc) is 3.20. The highest BCUT2D eigenvalue weighted by molar-refractivity contribution is 6.29. The molecule has 1 aromatic rings. The molecule has 2 rings (SSSR count). The van der Waals surface area contributed by atoms with Crippen LogP contribution >= 0.6 is 11.6 Å². The van der Waals surface area contributed by atoms with E-state index in [1.165, 1.54) is 6.92 Å². The normalized spacial score (nSPS) is 17.4. The molecule has 6 nitrogen and oxygen atoms in total. The van der Waals surface area contributed by atoms with Crippen molar-refractivity contribution in [3.8, 4) is 0 Å². The zero-order chi connectivity index (χ0) is 14.8. The van der Waals surface area contributed by atoms with Gasteiger partial charge in [0, 0.05) is 12.0 Å². The van der Waals surface area contributed by atoms with Crippen LogP contribution in [0.4, 0.5) is 5.82 Å². The molecular weight excluding hydrogens is 282 g/mol. The number of ether oxygens (including phenoxy) is 1. The van der Waals surface area contributed by atoms with Crippen LogP contribution in [-0.2, 0) is 9.53 Å². The van der Waals surface area contributed by atoms with Crippen molar-refractivity contribution >= 4 is 23.4 Å². The van der Waals surface area contributed by atoms with Crippen LogP contribution in [-0.4, -0.2) is 39.8 Å². The number of carbonyl (C=O) groups is 1. The second kappa shape index (κ2) is 5.93. The number of esters is 1. The Labute approximate surface area is 122 Å². The summed E-state index contributed by atoms with van der Waals surface area (Å²) in [7, 11) is 0. The summed E-state index contributed by atoms with van der Waals surface area (Å²) in [6, 6.07) is 1.56. The fraction of sp³-hybridized carbons (Fsp3) is 0.615. The number of rotatable bonds is 6. The standard InChI is InChI=1S/C13H18ClN3O3/c1-3-20-12(18)13(2,19)7-15-10-6-9(14)16-11(17-10)8-4-5-8/h6,8,19H,3-5,7H2,1-2H3,(H,15,16,17). The minimum atomic E-state index is -1.62. The van der Waals surface area contributed by atoms with E-state index in [1.54, 1.807) is 13.0 Å². The van der Waals surface area contributed by atoms with Gasteiger partial charge in [0.25, 0.3) is 0 Å². The lowest BCUT2D eigenvalue weighted by atomic mass is 10.1. The Morgan fingerprint density at radius 2 is 2.30 bits per heavy atom. The lowest BCUT2D eigenvalue weighted by Crippen LogP contribution is -2.43. The lowest BCUT2D eigenvalue weighted by molar-refractivity contribution is -0.161. The molecule has 1 atom stereocenters. The van der Waals surface area contributed by atoms with E-state index in [0.717, 1.165) is 12.8 Å². The van der Waals surface area contributed by atoms with Gasteiger partial charge in [-0.1, -0.05) is 11.6 Å². The molecule has 2 N–H and O–H groups in total. The molecule has 0 aromatic carbocycles. The maximum atomic E-state index is 11.6. The summed E-state index contributed by atoms with van der Waals surface area (Å²) in [6.07, 6.45) is 2.14. The Morgan fingerprint density at radius 1 is 1.60 bits per heavy atom. The number of nitrogens with one attached hydrogen (secondary N) is 1. The summed E-state index contributed by atoms with van der Waals surface area (Å²) in [6.45, 7) is 3.29. The molecule has 0 aliphatic heterocycles. The van der Waals surface area contributed by atoms with Gasteiger partial charge in [-0.25, -0.2) is 14.8 Å². The summed E-state index contributed by atoms with van der Waals surface area (Å²) in [4.78, 5) is 20.1. The van der Waals surface area contributed by atoms with Crippen molar-refractivity contribution in [3.05, 3.63) is 17.0 Å². The highest BCUT2D eigenvalue weighted by Gasteiger charge is 2.32. The smallest absolute Gasteiger partial charge is 0.339 e. The van der Waals surface area contributed by atoms with Gasteiger partial charge in [0.2, 0.25) is 0 Å². The van der Waals surface area contributed by atoms with Crippen LogP contribution in [0.25, 0.3) is 0 Å². The van der Waals surface area contributed by atoms with Crippen LogP contribution in [0.1, 0.15) is 38.4 Å². The monoisotopic (exact) mass is 299 g/mol. The van der Waals surface area contributed by atoms with Crippen LogP contribution in [0, 0.1) is 0 Å². The molecule has 20 heavy (non-hydrogen) atoms. The molecule has 0 saturated heterocycles. The van der Waals surface area contributed by atoms with Gasteiger partial charge in [-0.3, -0.25) is 0 Å². The van der Waals surface area contributed by atoms with Gasteiger partial charge >= 0.3 is 5.97 Å². The van der Waals surface area contributed by atoms with Crippen molar-refractivity contribution in [3.63, 3.8) is 0 Å². The van der Waals surface area contributed by atoms with E-state index in [-0.39, 0.29) is 13.2 Å². The third kappa shape index (κ3) is 3.80. The molecule has 1 unspecified atom stereocenters. The number of halogens is 1. The number of aliphatic hydroxyl groups is 1. The number of carbonyl (C=O) groups excluding carboxylic acids is 1. The molecule has 7 heteroatoms. The Morgan fingerprint density at radius 3 is 2.90 bits per heavy atom. The fourth-order valence-corrected chi connectivity index (χ4v) is 1.86. The molecule has 1 fully saturated rings. The molecule has 1 aromatic heterocycles. The number of anilines is 1. The quantitative estimate of drug-likeness (QED) is 0.615. The zero-order valence-corrected chi connectivity index (χ0v) is 12.3.